The molecule has 2 aliphatic heterocycles. The second kappa shape index (κ2) is 4.61. The average molecular weight is 230 g/mol. The van der Waals surface area contributed by atoms with Gasteiger partial charge in [-0.1, -0.05) is 26.2 Å². The molecule has 2 saturated heterocycles. The van der Waals surface area contributed by atoms with Crippen LogP contribution in [-0.2, 0) is 14.2 Å². The highest BCUT2D eigenvalue weighted by atomic mass is 16.8. The highest BCUT2D eigenvalue weighted by Crippen LogP contribution is 2.38. The molecular formula is C12H22O4. The van der Waals surface area contributed by atoms with Crippen molar-refractivity contribution >= 4 is 0 Å². The lowest BCUT2D eigenvalue weighted by Crippen LogP contribution is -2.34. The first kappa shape index (κ1) is 12.3. The highest BCUT2D eigenvalue weighted by Gasteiger charge is 2.53. The minimum atomic E-state index is -0.634. The van der Waals surface area contributed by atoms with Crippen LogP contribution in [0.15, 0.2) is 0 Å². The van der Waals surface area contributed by atoms with Crippen molar-refractivity contribution in [3.63, 3.8) is 0 Å². The van der Waals surface area contributed by atoms with Crippen molar-refractivity contribution in [2.75, 3.05) is 0 Å². The third kappa shape index (κ3) is 2.40. The molecule has 0 aromatic carbocycles. The molecule has 4 atom stereocenters. The van der Waals surface area contributed by atoms with E-state index < -0.39 is 18.2 Å². The summed E-state index contributed by atoms with van der Waals surface area (Å²) in [5.41, 5.74) is 0. The van der Waals surface area contributed by atoms with Gasteiger partial charge in [-0.05, 0) is 20.3 Å². The largest absolute Gasteiger partial charge is 0.387 e. The molecule has 0 bridgehead atoms. The van der Waals surface area contributed by atoms with E-state index in [9.17, 15) is 5.11 Å². The summed E-state index contributed by atoms with van der Waals surface area (Å²) >= 11 is 0. The molecule has 2 rings (SSSR count). The maximum atomic E-state index is 10.1. The number of hydrogen-bond acceptors (Lipinski definition) is 4. The Kier molecular flexibility index (Phi) is 3.54. The molecule has 0 amide bonds. The topological polar surface area (TPSA) is 47.9 Å². The van der Waals surface area contributed by atoms with E-state index in [0.717, 1.165) is 12.8 Å². The van der Waals surface area contributed by atoms with Gasteiger partial charge in [0.25, 0.3) is 0 Å². The van der Waals surface area contributed by atoms with E-state index in [1.165, 1.54) is 12.8 Å². The molecule has 0 spiro atoms. The smallest absolute Gasteiger partial charge is 0.190 e. The molecule has 0 saturated carbocycles. The molecule has 2 aliphatic rings. The van der Waals surface area contributed by atoms with Crippen molar-refractivity contribution in [3.8, 4) is 0 Å². The predicted molar refractivity (Wildman–Crippen MR) is 58.8 cm³/mol. The third-order valence-corrected chi connectivity index (χ3v) is 3.21. The third-order valence-electron chi connectivity index (χ3n) is 3.21. The Bertz CT molecular complexity index is 241. The van der Waals surface area contributed by atoms with Crippen LogP contribution in [0.1, 0.15) is 46.5 Å². The number of fused-ring (bicyclic) bond motifs is 1. The van der Waals surface area contributed by atoms with Gasteiger partial charge in [-0.15, -0.1) is 0 Å². The molecule has 16 heavy (non-hydrogen) atoms. The lowest BCUT2D eigenvalue weighted by Gasteiger charge is -2.22. The van der Waals surface area contributed by atoms with Crippen LogP contribution < -0.4 is 0 Å². The Balaban J connectivity index is 1.85. The van der Waals surface area contributed by atoms with Crippen molar-refractivity contribution in [1.82, 2.24) is 0 Å². The van der Waals surface area contributed by atoms with Gasteiger partial charge in [-0.2, -0.15) is 0 Å². The molecule has 0 aromatic rings. The number of rotatable bonds is 4. The van der Waals surface area contributed by atoms with E-state index in [1.807, 2.05) is 13.8 Å². The Morgan fingerprint density at radius 3 is 2.56 bits per heavy atom. The predicted octanol–water partition coefficient (Wildman–Crippen LogP) is 1.80. The fourth-order valence-corrected chi connectivity index (χ4v) is 2.39. The van der Waals surface area contributed by atoms with E-state index in [1.54, 1.807) is 0 Å². The second-order valence-electron chi connectivity index (χ2n) is 5.13. The summed E-state index contributed by atoms with van der Waals surface area (Å²) in [6, 6.07) is 0. The molecule has 0 radical (unpaired) electrons. The van der Waals surface area contributed by atoms with Crippen LogP contribution in [0.5, 0.6) is 0 Å². The molecule has 2 heterocycles. The summed E-state index contributed by atoms with van der Waals surface area (Å²) in [7, 11) is 0. The first-order valence-electron chi connectivity index (χ1n) is 6.22. The number of unbranched alkanes of at least 4 members (excludes halogenated alkanes) is 2. The van der Waals surface area contributed by atoms with Crippen molar-refractivity contribution in [2.45, 2.75) is 76.8 Å². The molecule has 0 aliphatic carbocycles. The van der Waals surface area contributed by atoms with Crippen molar-refractivity contribution in [2.24, 2.45) is 0 Å². The summed E-state index contributed by atoms with van der Waals surface area (Å²) in [5, 5.41) is 10.1. The number of aliphatic hydroxyl groups excluding tert-OH is 1. The number of aliphatic hydroxyl groups is 1. The zero-order valence-corrected chi connectivity index (χ0v) is 10.3. The zero-order valence-electron chi connectivity index (χ0n) is 10.3. The standard InChI is InChI=1S/C12H22O4/c1-4-5-6-7-8-9(13)10-11(14-8)16-12(2,3)15-10/h8-11,13H,4-7H2,1-3H3/t8-,9+,10-,11-/m1/s1. The van der Waals surface area contributed by atoms with Crippen molar-refractivity contribution < 1.29 is 19.3 Å². The molecule has 1 N–H and O–H groups in total. The van der Waals surface area contributed by atoms with Gasteiger partial charge in [0, 0.05) is 0 Å². The number of ether oxygens (including phenoxy) is 3. The van der Waals surface area contributed by atoms with Crippen LogP contribution in [0, 0.1) is 0 Å². The van der Waals surface area contributed by atoms with E-state index in [4.69, 9.17) is 14.2 Å². The Morgan fingerprint density at radius 2 is 1.94 bits per heavy atom. The fraction of sp³-hybridized carbons (Fsp3) is 1.00. The molecule has 94 valence electrons. The molecule has 4 heteroatoms. The maximum absolute atomic E-state index is 10.1. The summed E-state index contributed by atoms with van der Waals surface area (Å²) < 4.78 is 16.9. The average Bonchev–Trinajstić information content (AvgIpc) is 2.63. The fourth-order valence-electron chi connectivity index (χ4n) is 2.39. The summed E-state index contributed by atoms with van der Waals surface area (Å²) in [6.45, 7) is 5.84. The van der Waals surface area contributed by atoms with E-state index in [-0.39, 0.29) is 12.2 Å². The molecule has 0 unspecified atom stereocenters. The van der Waals surface area contributed by atoms with Gasteiger partial charge >= 0.3 is 0 Å². The van der Waals surface area contributed by atoms with Gasteiger partial charge in [0.1, 0.15) is 12.2 Å². The summed E-state index contributed by atoms with van der Waals surface area (Å²) in [5.74, 6) is -0.634. The Labute approximate surface area is 96.9 Å². The van der Waals surface area contributed by atoms with E-state index in [0.29, 0.717) is 0 Å². The van der Waals surface area contributed by atoms with Crippen LogP contribution in [0.2, 0.25) is 0 Å². The minimum absolute atomic E-state index is 0.127. The summed E-state index contributed by atoms with van der Waals surface area (Å²) in [4.78, 5) is 0. The van der Waals surface area contributed by atoms with Crippen molar-refractivity contribution in [3.05, 3.63) is 0 Å². The van der Waals surface area contributed by atoms with Crippen LogP contribution >= 0.6 is 0 Å². The Hall–Kier alpha value is -0.160. The maximum Gasteiger partial charge on any atom is 0.190 e. The van der Waals surface area contributed by atoms with Gasteiger partial charge in [-0.3, -0.25) is 0 Å². The lowest BCUT2D eigenvalue weighted by atomic mass is 10.0. The van der Waals surface area contributed by atoms with Crippen LogP contribution in [0.4, 0.5) is 0 Å². The first-order chi connectivity index (χ1) is 7.53. The van der Waals surface area contributed by atoms with Crippen LogP contribution in [-0.4, -0.2) is 35.5 Å². The van der Waals surface area contributed by atoms with Gasteiger partial charge in [0.2, 0.25) is 0 Å². The van der Waals surface area contributed by atoms with Gasteiger partial charge in [-0.25, -0.2) is 0 Å². The summed E-state index contributed by atoms with van der Waals surface area (Å²) in [6.07, 6.45) is 2.93. The van der Waals surface area contributed by atoms with E-state index in [2.05, 4.69) is 6.92 Å². The second-order valence-corrected chi connectivity index (χ2v) is 5.13. The van der Waals surface area contributed by atoms with E-state index >= 15 is 0 Å². The van der Waals surface area contributed by atoms with Crippen molar-refractivity contribution in [1.29, 1.82) is 0 Å². The normalized spacial score (nSPS) is 41.2. The molecule has 0 aromatic heterocycles. The zero-order chi connectivity index (χ0) is 11.8. The quantitative estimate of drug-likeness (QED) is 0.748. The number of hydrogen-bond donors (Lipinski definition) is 1. The van der Waals surface area contributed by atoms with Gasteiger partial charge in [0.15, 0.2) is 12.1 Å². The van der Waals surface area contributed by atoms with Gasteiger partial charge in [0.05, 0.1) is 6.10 Å². The molecular weight excluding hydrogens is 208 g/mol. The van der Waals surface area contributed by atoms with Gasteiger partial charge < -0.3 is 19.3 Å². The Morgan fingerprint density at radius 1 is 1.19 bits per heavy atom. The molecule has 4 nitrogen and oxygen atoms in total. The van der Waals surface area contributed by atoms with Crippen LogP contribution in [0.3, 0.4) is 0 Å². The monoisotopic (exact) mass is 230 g/mol. The minimum Gasteiger partial charge on any atom is -0.387 e. The molecule has 2 fully saturated rings. The SMILES string of the molecule is CCCCC[C@H]1O[C@@H]2OC(C)(C)O[C@@H]2[C@H]1O. The lowest BCUT2D eigenvalue weighted by molar-refractivity contribution is -0.215. The highest BCUT2D eigenvalue weighted by molar-refractivity contribution is 4.92. The van der Waals surface area contributed by atoms with Crippen LogP contribution in [0.25, 0.3) is 0 Å². The first-order valence-corrected chi connectivity index (χ1v) is 6.22.